The molecule has 5 nitrogen and oxygen atoms in total. The van der Waals surface area contributed by atoms with E-state index in [2.05, 4.69) is 0 Å². The van der Waals surface area contributed by atoms with Crippen molar-refractivity contribution >= 4 is 33.0 Å². The van der Waals surface area contributed by atoms with Gasteiger partial charge in [-0.05, 0) is 18.2 Å². The molecule has 1 aromatic carbocycles. The Labute approximate surface area is 111 Å². The lowest BCUT2D eigenvalue weighted by Gasteiger charge is -2.11. The van der Waals surface area contributed by atoms with Crippen LogP contribution >= 0.6 is 11.6 Å². The number of carbonyl (C=O) groups is 1. The van der Waals surface area contributed by atoms with Crippen LogP contribution in [0.15, 0.2) is 23.1 Å². The molecule has 0 aromatic heterocycles. The summed E-state index contributed by atoms with van der Waals surface area (Å²) in [4.78, 5) is 12.7. The normalized spacial score (nSPS) is 11.3. The van der Waals surface area contributed by atoms with Crippen molar-refractivity contribution in [2.45, 2.75) is 11.3 Å². The van der Waals surface area contributed by atoms with Crippen molar-refractivity contribution in [3.63, 3.8) is 0 Å². The minimum atomic E-state index is -3.57. The van der Waals surface area contributed by atoms with Gasteiger partial charge in [0.2, 0.25) is 5.91 Å². The highest BCUT2D eigenvalue weighted by Crippen LogP contribution is 2.23. The van der Waals surface area contributed by atoms with E-state index in [9.17, 15) is 13.2 Å². The number of halogens is 1. The van der Waals surface area contributed by atoms with E-state index < -0.39 is 9.84 Å². The summed E-state index contributed by atoms with van der Waals surface area (Å²) >= 11 is 5.70. The van der Waals surface area contributed by atoms with E-state index in [4.69, 9.17) is 17.3 Å². The number of benzene rings is 1. The maximum atomic E-state index is 12.0. The average molecular weight is 291 g/mol. The average Bonchev–Trinajstić information content (AvgIpc) is 2.25. The van der Waals surface area contributed by atoms with Crippen molar-refractivity contribution in [1.82, 2.24) is 4.90 Å². The highest BCUT2D eigenvalue weighted by Gasteiger charge is 2.19. The van der Waals surface area contributed by atoms with Gasteiger partial charge >= 0.3 is 0 Å². The minimum Gasteiger partial charge on any atom is -0.398 e. The second kappa shape index (κ2) is 5.58. The van der Waals surface area contributed by atoms with Gasteiger partial charge in [-0.15, -0.1) is 0 Å². The molecule has 0 unspecified atom stereocenters. The standard InChI is InChI=1S/C11H15ClN2O3S/c1-14(2)11(15)5-6-18(16,17)10-4-3-8(12)7-9(10)13/h3-4,7H,5-6,13H2,1-2H3. The van der Waals surface area contributed by atoms with Crippen molar-refractivity contribution in [2.75, 3.05) is 25.6 Å². The molecule has 0 aliphatic rings. The van der Waals surface area contributed by atoms with Gasteiger partial charge in [-0.1, -0.05) is 11.6 Å². The van der Waals surface area contributed by atoms with E-state index in [-0.39, 0.29) is 28.7 Å². The van der Waals surface area contributed by atoms with E-state index in [0.29, 0.717) is 5.02 Å². The summed E-state index contributed by atoms with van der Waals surface area (Å²) < 4.78 is 24.0. The number of rotatable bonds is 4. The van der Waals surface area contributed by atoms with Crippen LogP contribution in [-0.4, -0.2) is 39.1 Å². The fourth-order valence-electron chi connectivity index (χ4n) is 1.36. The molecule has 18 heavy (non-hydrogen) atoms. The second-order valence-corrected chi connectivity index (χ2v) is 6.55. The Morgan fingerprint density at radius 1 is 1.39 bits per heavy atom. The van der Waals surface area contributed by atoms with Gasteiger partial charge in [0.25, 0.3) is 0 Å². The molecule has 0 bridgehead atoms. The van der Waals surface area contributed by atoms with Crippen LogP contribution < -0.4 is 5.73 Å². The van der Waals surface area contributed by atoms with Crippen LogP contribution in [0, 0.1) is 0 Å². The Morgan fingerprint density at radius 3 is 2.50 bits per heavy atom. The van der Waals surface area contributed by atoms with Crippen LogP contribution in [0.1, 0.15) is 6.42 Å². The molecule has 0 aliphatic heterocycles. The first-order valence-electron chi connectivity index (χ1n) is 5.22. The van der Waals surface area contributed by atoms with Gasteiger partial charge in [-0.25, -0.2) is 8.42 Å². The second-order valence-electron chi connectivity index (χ2n) is 4.04. The van der Waals surface area contributed by atoms with Gasteiger partial charge in [-0.2, -0.15) is 0 Å². The highest BCUT2D eigenvalue weighted by atomic mass is 35.5. The smallest absolute Gasteiger partial charge is 0.223 e. The third-order valence-electron chi connectivity index (χ3n) is 2.39. The number of nitrogens with zero attached hydrogens (tertiary/aromatic N) is 1. The van der Waals surface area contributed by atoms with E-state index >= 15 is 0 Å². The van der Waals surface area contributed by atoms with Crippen LogP contribution in [0.5, 0.6) is 0 Å². The third-order valence-corrected chi connectivity index (χ3v) is 4.41. The van der Waals surface area contributed by atoms with Gasteiger partial charge in [0.15, 0.2) is 9.84 Å². The molecule has 1 rings (SSSR count). The molecule has 7 heteroatoms. The quantitative estimate of drug-likeness (QED) is 0.844. The summed E-state index contributed by atoms with van der Waals surface area (Å²) in [5, 5.41) is 0.371. The molecule has 0 saturated heterocycles. The van der Waals surface area contributed by atoms with E-state index in [0.717, 1.165) is 0 Å². The van der Waals surface area contributed by atoms with Gasteiger partial charge in [0, 0.05) is 25.5 Å². The van der Waals surface area contributed by atoms with E-state index in [1.165, 1.54) is 23.1 Å². The minimum absolute atomic E-state index is 0.0125. The monoisotopic (exact) mass is 290 g/mol. The first-order chi connectivity index (χ1) is 8.24. The van der Waals surface area contributed by atoms with Gasteiger partial charge < -0.3 is 10.6 Å². The fraction of sp³-hybridized carbons (Fsp3) is 0.364. The summed E-state index contributed by atoms with van der Waals surface area (Å²) in [7, 11) is -0.417. The van der Waals surface area contributed by atoms with Gasteiger partial charge in [0.1, 0.15) is 0 Å². The third kappa shape index (κ3) is 3.61. The molecule has 0 fully saturated rings. The predicted molar refractivity (Wildman–Crippen MR) is 71.2 cm³/mol. The Kier molecular flexibility index (Phi) is 4.59. The lowest BCUT2D eigenvalue weighted by Crippen LogP contribution is -2.24. The van der Waals surface area contributed by atoms with Crippen LogP contribution in [0.2, 0.25) is 5.02 Å². The Hall–Kier alpha value is -1.27. The molecule has 0 saturated carbocycles. The van der Waals surface area contributed by atoms with Crippen molar-refractivity contribution in [1.29, 1.82) is 0 Å². The Morgan fingerprint density at radius 2 is 2.00 bits per heavy atom. The number of nitrogen functional groups attached to an aromatic ring is 1. The summed E-state index contributed by atoms with van der Waals surface area (Å²) in [5.41, 5.74) is 5.71. The first-order valence-corrected chi connectivity index (χ1v) is 7.25. The molecule has 0 spiro atoms. The van der Waals surface area contributed by atoms with Crippen molar-refractivity contribution in [3.8, 4) is 0 Å². The molecule has 0 radical (unpaired) electrons. The van der Waals surface area contributed by atoms with Gasteiger partial charge in [0.05, 0.1) is 16.3 Å². The zero-order valence-corrected chi connectivity index (χ0v) is 11.8. The fourth-order valence-corrected chi connectivity index (χ4v) is 2.90. The molecule has 100 valence electrons. The van der Waals surface area contributed by atoms with E-state index in [1.807, 2.05) is 0 Å². The maximum Gasteiger partial charge on any atom is 0.223 e. The van der Waals surface area contributed by atoms with Crippen LogP contribution in [-0.2, 0) is 14.6 Å². The number of amides is 1. The summed E-state index contributed by atoms with van der Waals surface area (Å²) in [6, 6.07) is 4.19. The van der Waals surface area contributed by atoms with Crippen LogP contribution in [0.4, 0.5) is 5.69 Å². The number of hydrogen-bond acceptors (Lipinski definition) is 4. The maximum absolute atomic E-state index is 12.0. The SMILES string of the molecule is CN(C)C(=O)CCS(=O)(=O)c1ccc(Cl)cc1N. The van der Waals surface area contributed by atoms with Gasteiger partial charge in [-0.3, -0.25) is 4.79 Å². The molecule has 2 N–H and O–H groups in total. The number of carbonyl (C=O) groups excluding carboxylic acids is 1. The Balaban J connectivity index is 2.90. The summed E-state index contributed by atoms with van der Waals surface area (Å²) in [6.07, 6.45) is -0.0720. The lowest BCUT2D eigenvalue weighted by molar-refractivity contribution is -0.128. The zero-order chi connectivity index (χ0) is 13.9. The lowest BCUT2D eigenvalue weighted by atomic mass is 10.3. The van der Waals surface area contributed by atoms with Crippen LogP contribution in [0.25, 0.3) is 0 Å². The summed E-state index contributed by atoms with van der Waals surface area (Å²) in [6.45, 7) is 0. The molecule has 0 aliphatic carbocycles. The predicted octanol–water partition coefficient (Wildman–Crippen LogP) is 1.17. The molecular weight excluding hydrogens is 276 g/mol. The largest absolute Gasteiger partial charge is 0.398 e. The molecule has 1 aromatic rings. The molecule has 1 amide bonds. The zero-order valence-electron chi connectivity index (χ0n) is 10.2. The molecule has 0 heterocycles. The number of nitrogens with two attached hydrogens (primary N) is 1. The van der Waals surface area contributed by atoms with E-state index in [1.54, 1.807) is 14.1 Å². The van der Waals surface area contributed by atoms with Crippen molar-refractivity contribution in [2.24, 2.45) is 0 Å². The number of anilines is 1. The topological polar surface area (TPSA) is 80.5 Å². The number of hydrogen-bond donors (Lipinski definition) is 1. The molecule has 0 atom stereocenters. The number of sulfone groups is 1. The molecular formula is C11H15ClN2O3S. The van der Waals surface area contributed by atoms with Crippen molar-refractivity contribution in [3.05, 3.63) is 23.2 Å². The Bertz CT molecular complexity index is 555. The first kappa shape index (κ1) is 14.8. The van der Waals surface area contributed by atoms with Crippen molar-refractivity contribution < 1.29 is 13.2 Å². The summed E-state index contributed by atoms with van der Waals surface area (Å²) in [5.74, 6) is -0.512. The van der Waals surface area contributed by atoms with Crippen LogP contribution in [0.3, 0.4) is 0 Å². The highest BCUT2D eigenvalue weighted by molar-refractivity contribution is 7.91.